The molecule has 2 aromatic heterocycles. The first-order valence-corrected chi connectivity index (χ1v) is 9.65. The fourth-order valence-electron chi connectivity index (χ4n) is 2.40. The van der Waals surface area contributed by atoms with Crippen LogP contribution in [-0.4, -0.2) is 29.1 Å². The van der Waals surface area contributed by atoms with Crippen LogP contribution in [0.3, 0.4) is 0 Å². The van der Waals surface area contributed by atoms with Crippen LogP contribution in [0.5, 0.6) is 11.5 Å². The molecule has 0 saturated carbocycles. The van der Waals surface area contributed by atoms with Gasteiger partial charge >= 0.3 is 0 Å². The van der Waals surface area contributed by atoms with Gasteiger partial charge in [0.05, 0.1) is 18.9 Å². The molecule has 7 heteroatoms. The molecule has 0 fully saturated rings. The van der Waals surface area contributed by atoms with Gasteiger partial charge in [-0.1, -0.05) is 18.2 Å². The summed E-state index contributed by atoms with van der Waals surface area (Å²) in [5, 5.41) is 5.28. The number of pyridine rings is 1. The number of ether oxygens (including phenoxy) is 2. The van der Waals surface area contributed by atoms with E-state index in [1.165, 1.54) is 11.3 Å². The van der Waals surface area contributed by atoms with Gasteiger partial charge in [0.2, 0.25) is 5.91 Å². The number of nitrogens with zero attached hydrogens (tertiary/aromatic N) is 2. The highest BCUT2D eigenvalue weighted by atomic mass is 32.1. The minimum Gasteiger partial charge on any atom is -0.490 e. The van der Waals surface area contributed by atoms with E-state index in [1.807, 2.05) is 54.8 Å². The van der Waals surface area contributed by atoms with Gasteiger partial charge < -0.3 is 14.8 Å². The minimum atomic E-state index is -0.0846. The molecule has 0 unspecified atom stereocenters. The third kappa shape index (κ3) is 5.52. The first-order valence-electron chi connectivity index (χ1n) is 8.77. The van der Waals surface area contributed by atoms with E-state index in [4.69, 9.17) is 9.47 Å². The van der Waals surface area contributed by atoms with E-state index < -0.39 is 0 Å². The van der Waals surface area contributed by atoms with E-state index in [9.17, 15) is 4.79 Å². The molecule has 0 atom stereocenters. The van der Waals surface area contributed by atoms with E-state index in [0.717, 1.165) is 11.4 Å². The standard InChI is InChI=1S/C20H21N3O3S/c1-2-25-17-9-3-4-10-18(17)26-13-7-11-19(24)23-20-22-16(14-27-20)15-8-5-6-12-21-15/h3-6,8-10,12,14H,2,7,11,13H2,1H3,(H,22,23,24). The van der Waals surface area contributed by atoms with Gasteiger partial charge in [0.25, 0.3) is 0 Å². The number of benzene rings is 1. The number of thiazole rings is 1. The monoisotopic (exact) mass is 383 g/mol. The summed E-state index contributed by atoms with van der Waals surface area (Å²) in [6, 6.07) is 13.2. The fraction of sp³-hybridized carbons (Fsp3) is 0.250. The number of aromatic nitrogens is 2. The molecule has 1 amide bonds. The van der Waals surface area contributed by atoms with Gasteiger partial charge in [-0.25, -0.2) is 4.98 Å². The van der Waals surface area contributed by atoms with Gasteiger partial charge in [0.1, 0.15) is 5.69 Å². The highest BCUT2D eigenvalue weighted by molar-refractivity contribution is 7.14. The number of para-hydroxylation sites is 2. The molecule has 6 nitrogen and oxygen atoms in total. The molecule has 0 spiro atoms. The van der Waals surface area contributed by atoms with E-state index in [2.05, 4.69) is 15.3 Å². The number of hydrogen-bond acceptors (Lipinski definition) is 6. The molecule has 1 aromatic carbocycles. The first kappa shape index (κ1) is 18.8. The summed E-state index contributed by atoms with van der Waals surface area (Å²) in [5.74, 6) is 1.33. The van der Waals surface area contributed by atoms with Crippen molar-refractivity contribution in [3.05, 3.63) is 54.0 Å². The second-order valence-corrected chi connectivity index (χ2v) is 6.49. The van der Waals surface area contributed by atoms with E-state index in [-0.39, 0.29) is 5.91 Å². The van der Waals surface area contributed by atoms with Gasteiger partial charge in [-0.05, 0) is 37.6 Å². The quantitative estimate of drug-likeness (QED) is 0.554. The number of nitrogens with one attached hydrogen (secondary N) is 1. The van der Waals surface area contributed by atoms with Crippen molar-refractivity contribution in [2.75, 3.05) is 18.5 Å². The van der Waals surface area contributed by atoms with Gasteiger partial charge in [0.15, 0.2) is 16.6 Å². The number of rotatable bonds is 9. The highest BCUT2D eigenvalue weighted by Gasteiger charge is 2.09. The number of hydrogen-bond donors (Lipinski definition) is 1. The second-order valence-electron chi connectivity index (χ2n) is 5.63. The topological polar surface area (TPSA) is 73.3 Å². The molecule has 0 radical (unpaired) electrons. The van der Waals surface area contributed by atoms with Crippen molar-refractivity contribution in [2.24, 2.45) is 0 Å². The molecule has 3 aromatic rings. The molecule has 0 aliphatic carbocycles. The first-order chi connectivity index (χ1) is 13.3. The molecular formula is C20H21N3O3S. The van der Waals surface area contributed by atoms with Crippen LogP contribution in [0.25, 0.3) is 11.4 Å². The third-order valence-corrected chi connectivity index (χ3v) is 4.39. The van der Waals surface area contributed by atoms with Gasteiger partial charge in [-0.3, -0.25) is 9.78 Å². The lowest BCUT2D eigenvalue weighted by Crippen LogP contribution is -2.12. The maximum atomic E-state index is 12.1. The zero-order valence-corrected chi connectivity index (χ0v) is 15.9. The van der Waals surface area contributed by atoms with Crippen molar-refractivity contribution in [1.82, 2.24) is 9.97 Å². The number of amides is 1. The normalized spacial score (nSPS) is 10.4. The molecule has 2 heterocycles. The lowest BCUT2D eigenvalue weighted by molar-refractivity contribution is -0.116. The Balaban J connectivity index is 1.44. The molecule has 0 bridgehead atoms. The summed E-state index contributed by atoms with van der Waals surface area (Å²) in [4.78, 5) is 20.8. The summed E-state index contributed by atoms with van der Waals surface area (Å²) in [6.07, 6.45) is 2.68. The van der Waals surface area contributed by atoms with Gasteiger partial charge in [-0.2, -0.15) is 0 Å². The molecule has 140 valence electrons. The molecule has 0 aliphatic heterocycles. The number of carbonyl (C=O) groups excluding carboxylic acids is 1. The zero-order valence-electron chi connectivity index (χ0n) is 15.1. The van der Waals surface area contributed by atoms with E-state index in [0.29, 0.717) is 42.7 Å². The Labute approximate surface area is 162 Å². The third-order valence-electron chi connectivity index (χ3n) is 3.63. The SMILES string of the molecule is CCOc1ccccc1OCCCC(=O)Nc1nc(-c2ccccn2)cs1. The van der Waals surface area contributed by atoms with Gasteiger partial charge in [-0.15, -0.1) is 11.3 Å². The zero-order chi connectivity index (χ0) is 18.9. The van der Waals surface area contributed by atoms with E-state index >= 15 is 0 Å². The van der Waals surface area contributed by atoms with Crippen LogP contribution in [-0.2, 0) is 4.79 Å². The molecule has 0 aliphatic rings. The summed E-state index contributed by atoms with van der Waals surface area (Å²) < 4.78 is 11.2. The van der Waals surface area contributed by atoms with Crippen LogP contribution >= 0.6 is 11.3 Å². The van der Waals surface area contributed by atoms with Crippen molar-refractivity contribution in [2.45, 2.75) is 19.8 Å². The average molecular weight is 383 g/mol. The largest absolute Gasteiger partial charge is 0.490 e. The van der Waals surface area contributed by atoms with Crippen molar-refractivity contribution >= 4 is 22.4 Å². The molecule has 3 rings (SSSR count). The van der Waals surface area contributed by atoms with Crippen LogP contribution in [0.4, 0.5) is 5.13 Å². The fourth-order valence-corrected chi connectivity index (χ4v) is 3.12. The second kappa shape index (κ2) is 9.68. The molecular weight excluding hydrogens is 362 g/mol. The summed E-state index contributed by atoms with van der Waals surface area (Å²) in [6.45, 7) is 2.95. The lowest BCUT2D eigenvalue weighted by Gasteiger charge is -2.11. The van der Waals surface area contributed by atoms with E-state index in [1.54, 1.807) is 6.20 Å². The van der Waals surface area contributed by atoms with Crippen molar-refractivity contribution in [1.29, 1.82) is 0 Å². The predicted molar refractivity (Wildman–Crippen MR) is 106 cm³/mol. The van der Waals surface area contributed by atoms with Crippen molar-refractivity contribution < 1.29 is 14.3 Å². The summed E-state index contributed by atoms with van der Waals surface area (Å²) >= 11 is 1.39. The van der Waals surface area contributed by atoms with Crippen LogP contribution in [0, 0.1) is 0 Å². The van der Waals surface area contributed by atoms with Crippen LogP contribution in [0.2, 0.25) is 0 Å². The Morgan fingerprint density at radius 2 is 1.85 bits per heavy atom. The highest BCUT2D eigenvalue weighted by Crippen LogP contribution is 2.26. The minimum absolute atomic E-state index is 0.0846. The Hall–Kier alpha value is -2.93. The Kier molecular flexibility index (Phi) is 6.76. The van der Waals surface area contributed by atoms with Crippen LogP contribution in [0.15, 0.2) is 54.0 Å². The molecule has 1 N–H and O–H groups in total. The predicted octanol–water partition coefficient (Wildman–Crippen LogP) is 4.40. The smallest absolute Gasteiger partial charge is 0.226 e. The Morgan fingerprint density at radius 1 is 1.07 bits per heavy atom. The van der Waals surface area contributed by atoms with Crippen molar-refractivity contribution in [3.63, 3.8) is 0 Å². The van der Waals surface area contributed by atoms with Crippen LogP contribution in [0.1, 0.15) is 19.8 Å². The average Bonchev–Trinajstić information content (AvgIpc) is 3.16. The lowest BCUT2D eigenvalue weighted by atomic mass is 10.3. The number of carbonyl (C=O) groups is 1. The molecule has 27 heavy (non-hydrogen) atoms. The molecule has 0 saturated heterocycles. The Morgan fingerprint density at radius 3 is 2.59 bits per heavy atom. The van der Waals surface area contributed by atoms with Gasteiger partial charge in [0, 0.05) is 18.0 Å². The Bertz CT molecular complexity index is 868. The number of anilines is 1. The maximum absolute atomic E-state index is 12.1. The summed E-state index contributed by atoms with van der Waals surface area (Å²) in [7, 11) is 0. The maximum Gasteiger partial charge on any atom is 0.226 e. The van der Waals surface area contributed by atoms with Crippen molar-refractivity contribution in [3.8, 4) is 22.9 Å². The summed E-state index contributed by atoms with van der Waals surface area (Å²) in [5.41, 5.74) is 1.54. The van der Waals surface area contributed by atoms with Crippen LogP contribution < -0.4 is 14.8 Å².